The minimum absolute atomic E-state index is 0.182. The average molecular weight is 436 g/mol. The fourth-order valence-electron chi connectivity index (χ4n) is 3.09. The molecule has 4 rings (SSSR count). The molecule has 3 aromatic heterocycles. The van der Waals surface area contributed by atoms with E-state index in [0.717, 1.165) is 28.3 Å². The highest BCUT2D eigenvalue weighted by molar-refractivity contribution is 7.22. The number of aryl methyl sites for hydroxylation is 2. The van der Waals surface area contributed by atoms with Gasteiger partial charge < -0.3 is 10.1 Å². The Morgan fingerprint density at radius 3 is 2.83 bits per heavy atom. The number of nitrogens with one attached hydrogen (secondary N) is 1. The van der Waals surface area contributed by atoms with Crippen LogP contribution in [-0.2, 0) is 11.2 Å². The molecule has 0 fully saturated rings. The van der Waals surface area contributed by atoms with Crippen molar-refractivity contribution in [1.29, 1.82) is 0 Å². The van der Waals surface area contributed by atoms with Gasteiger partial charge in [-0.1, -0.05) is 11.3 Å². The summed E-state index contributed by atoms with van der Waals surface area (Å²) in [6, 6.07) is 3.83. The summed E-state index contributed by atoms with van der Waals surface area (Å²) >= 11 is 1.07. The first-order chi connectivity index (χ1) is 14.2. The smallest absolute Gasteiger partial charge is 0.406 e. The van der Waals surface area contributed by atoms with E-state index >= 15 is 0 Å². The van der Waals surface area contributed by atoms with Crippen LogP contribution in [0.5, 0.6) is 5.75 Å². The van der Waals surface area contributed by atoms with Crippen LogP contribution in [0.25, 0.3) is 16.0 Å². The number of amides is 1. The second kappa shape index (κ2) is 7.52. The summed E-state index contributed by atoms with van der Waals surface area (Å²) in [5.41, 5.74) is 3.01. The molecule has 0 saturated carbocycles. The summed E-state index contributed by atoms with van der Waals surface area (Å²) in [5.74, 6) is -0.0988. The van der Waals surface area contributed by atoms with Gasteiger partial charge in [0.2, 0.25) is 5.91 Å². The zero-order valence-corrected chi connectivity index (χ0v) is 16.6. The van der Waals surface area contributed by atoms with E-state index in [9.17, 15) is 18.0 Å². The number of thiazole rings is 1. The Balaban J connectivity index is 1.45. The fourth-order valence-corrected chi connectivity index (χ4v) is 4.00. The van der Waals surface area contributed by atoms with Crippen molar-refractivity contribution >= 4 is 38.4 Å². The van der Waals surface area contributed by atoms with E-state index in [0.29, 0.717) is 27.5 Å². The van der Waals surface area contributed by atoms with E-state index in [1.165, 1.54) is 24.5 Å². The van der Waals surface area contributed by atoms with E-state index in [4.69, 9.17) is 0 Å². The number of carbonyl (C=O) groups excluding carboxylic acids is 1. The van der Waals surface area contributed by atoms with Gasteiger partial charge in [-0.3, -0.25) is 4.79 Å². The van der Waals surface area contributed by atoms with Crippen LogP contribution in [0.4, 0.5) is 18.3 Å². The second-order valence-electron chi connectivity index (χ2n) is 6.48. The van der Waals surface area contributed by atoms with Gasteiger partial charge >= 0.3 is 6.36 Å². The summed E-state index contributed by atoms with van der Waals surface area (Å²) in [6.45, 7) is 3.74. The lowest BCUT2D eigenvalue weighted by Crippen LogP contribution is -2.16. The number of rotatable bonds is 5. The van der Waals surface area contributed by atoms with Crippen molar-refractivity contribution < 1.29 is 22.7 Å². The van der Waals surface area contributed by atoms with Gasteiger partial charge in [0.15, 0.2) is 5.13 Å². The van der Waals surface area contributed by atoms with Gasteiger partial charge in [0, 0.05) is 23.9 Å². The molecule has 0 atom stereocenters. The molecule has 0 saturated heterocycles. The van der Waals surface area contributed by atoms with E-state index in [2.05, 4.69) is 30.1 Å². The number of nitrogens with zero attached hydrogens (tertiary/aromatic N) is 5. The average Bonchev–Trinajstić information content (AvgIpc) is 3.26. The summed E-state index contributed by atoms with van der Waals surface area (Å²) in [4.78, 5) is 25.0. The highest BCUT2D eigenvalue weighted by Crippen LogP contribution is 2.31. The third kappa shape index (κ3) is 4.17. The maximum atomic E-state index is 12.4. The zero-order valence-electron chi connectivity index (χ0n) is 15.8. The molecule has 8 nitrogen and oxygen atoms in total. The molecule has 30 heavy (non-hydrogen) atoms. The number of carbonyl (C=O) groups is 1. The van der Waals surface area contributed by atoms with Crippen molar-refractivity contribution in [3.63, 3.8) is 0 Å². The van der Waals surface area contributed by atoms with Crippen LogP contribution < -0.4 is 10.1 Å². The summed E-state index contributed by atoms with van der Waals surface area (Å²) in [7, 11) is 0. The quantitative estimate of drug-likeness (QED) is 0.511. The van der Waals surface area contributed by atoms with Crippen LogP contribution in [0.1, 0.15) is 23.4 Å². The Kier molecular flexibility index (Phi) is 5.02. The minimum atomic E-state index is -4.77. The third-order valence-corrected chi connectivity index (χ3v) is 5.36. The Morgan fingerprint density at radius 2 is 2.07 bits per heavy atom. The Labute approximate surface area is 171 Å². The molecule has 12 heteroatoms. The predicted octanol–water partition coefficient (Wildman–Crippen LogP) is 3.82. The number of hydrogen-bond donors (Lipinski definition) is 1. The molecule has 0 unspecified atom stereocenters. The molecule has 0 aliphatic rings. The molecule has 0 spiro atoms. The molecular formula is C18H15F3N6O2S. The number of benzene rings is 1. The van der Waals surface area contributed by atoms with Gasteiger partial charge in [-0.2, -0.15) is 10.1 Å². The molecular weight excluding hydrogens is 421 g/mol. The SMILES string of the molecule is Cc1nc2ncnn2c(C)c1CCC(=O)Nc1nc2ccc(OC(F)(F)F)cc2s1. The number of aromatic nitrogens is 5. The van der Waals surface area contributed by atoms with Crippen molar-refractivity contribution in [2.75, 3.05) is 5.32 Å². The van der Waals surface area contributed by atoms with Crippen LogP contribution in [0, 0.1) is 13.8 Å². The van der Waals surface area contributed by atoms with Crippen molar-refractivity contribution in [3.8, 4) is 5.75 Å². The lowest BCUT2D eigenvalue weighted by atomic mass is 10.1. The van der Waals surface area contributed by atoms with Gasteiger partial charge in [0.1, 0.15) is 12.1 Å². The molecule has 1 N–H and O–H groups in total. The Bertz CT molecular complexity index is 1250. The number of anilines is 1. The number of halogens is 3. The normalized spacial score (nSPS) is 11.9. The molecule has 0 bridgehead atoms. The maximum absolute atomic E-state index is 12.4. The monoisotopic (exact) mass is 436 g/mol. The summed E-state index contributed by atoms with van der Waals surface area (Å²) < 4.78 is 43.1. The van der Waals surface area contributed by atoms with Gasteiger partial charge in [-0.15, -0.1) is 13.2 Å². The number of hydrogen-bond acceptors (Lipinski definition) is 7. The van der Waals surface area contributed by atoms with Crippen LogP contribution in [-0.4, -0.2) is 36.8 Å². The standard InChI is InChI=1S/C18H15F3N6O2S/c1-9-12(10(2)27-16(24-9)22-8-23-27)4-6-15(28)26-17-25-13-5-3-11(7-14(13)30-17)29-18(19,20)21/h3,5,7-8H,4,6H2,1-2H3,(H,25,26,28). The first-order valence-corrected chi connectivity index (χ1v) is 9.63. The van der Waals surface area contributed by atoms with E-state index < -0.39 is 6.36 Å². The lowest BCUT2D eigenvalue weighted by Gasteiger charge is -2.10. The van der Waals surface area contributed by atoms with Crippen molar-refractivity contribution in [2.45, 2.75) is 33.1 Å². The first-order valence-electron chi connectivity index (χ1n) is 8.81. The van der Waals surface area contributed by atoms with Crippen LogP contribution in [0.15, 0.2) is 24.5 Å². The van der Waals surface area contributed by atoms with Crippen LogP contribution >= 0.6 is 11.3 Å². The second-order valence-corrected chi connectivity index (χ2v) is 7.51. The van der Waals surface area contributed by atoms with E-state index in [1.54, 1.807) is 4.52 Å². The predicted molar refractivity (Wildman–Crippen MR) is 104 cm³/mol. The van der Waals surface area contributed by atoms with E-state index in [1.807, 2.05) is 13.8 Å². The van der Waals surface area contributed by atoms with E-state index in [-0.39, 0.29) is 18.1 Å². The largest absolute Gasteiger partial charge is 0.573 e. The molecule has 0 aliphatic heterocycles. The van der Waals surface area contributed by atoms with Crippen LogP contribution in [0.2, 0.25) is 0 Å². The number of alkyl halides is 3. The van der Waals surface area contributed by atoms with Gasteiger partial charge in [0.25, 0.3) is 5.78 Å². The molecule has 156 valence electrons. The Hall–Kier alpha value is -3.28. The molecule has 0 radical (unpaired) electrons. The number of fused-ring (bicyclic) bond motifs is 2. The van der Waals surface area contributed by atoms with Gasteiger partial charge in [-0.25, -0.2) is 14.5 Å². The topological polar surface area (TPSA) is 94.3 Å². The molecule has 1 aromatic carbocycles. The highest BCUT2D eigenvalue weighted by atomic mass is 32.1. The molecule has 1 amide bonds. The van der Waals surface area contributed by atoms with Gasteiger partial charge in [0.05, 0.1) is 10.2 Å². The van der Waals surface area contributed by atoms with Crippen molar-refractivity contribution in [3.05, 3.63) is 41.5 Å². The molecule has 0 aliphatic carbocycles. The summed E-state index contributed by atoms with van der Waals surface area (Å²) in [5, 5.41) is 7.12. The highest BCUT2D eigenvalue weighted by Gasteiger charge is 2.31. The summed E-state index contributed by atoms with van der Waals surface area (Å²) in [6.07, 6.45) is -2.72. The number of ether oxygens (including phenoxy) is 1. The Morgan fingerprint density at radius 1 is 1.27 bits per heavy atom. The van der Waals surface area contributed by atoms with Crippen molar-refractivity contribution in [1.82, 2.24) is 24.6 Å². The molecule has 3 heterocycles. The minimum Gasteiger partial charge on any atom is -0.406 e. The first kappa shape index (κ1) is 20.0. The molecule has 4 aromatic rings. The van der Waals surface area contributed by atoms with Crippen LogP contribution in [0.3, 0.4) is 0 Å². The fraction of sp³-hybridized carbons (Fsp3) is 0.278. The maximum Gasteiger partial charge on any atom is 0.573 e. The van der Waals surface area contributed by atoms with Gasteiger partial charge in [-0.05, 0) is 38.0 Å². The third-order valence-electron chi connectivity index (χ3n) is 4.43. The van der Waals surface area contributed by atoms with Crippen molar-refractivity contribution in [2.24, 2.45) is 0 Å². The lowest BCUT2D eigenvalue weighted by molar-refractivity contribution is -0.274. The zero-order chi connectivity index (χ0) is 21.5.